The van der Waals surface area contributed by atoms with Crippen LogP contribution in [0.2, 0.25) is 0 Å². The van der Waals surface area contributed by atoms with Crippen molar-refractivity contribution in [3.8, 4) is 0 Å². The Morgan fingerprint density at radius 2 is 2.05 bits per heavy atom. The summed E-state index contributed by atoms with van der Waals surface area (Å²) in [5.74, 6) is -0.403. The molecule has 3 N–H and O–H groups in total. The highest BCUT2D eigenvalue weighted by atomic mass is 19.3. The molecule has 9 nitrogen and oxygen atoms in total. The molecule has 0 bridgehead atoms. The summed E-state index contributed by atoms with van der Waals surface area (Å²) in [5.41, 5.74) is 7.22. The molecular weight excluding hydrogens is 511 g/mol. The fourth-order valence-electron chi connectivity index (χ4n) is 5.17. The Bertz CT molecular complexity index is 1500. The highest BCUT2D eigenvalue weighted by Gasteiger charge is 2.31. The standard InChI is InChI=1S/C27H28F3N7O2/c1-2-21(38)36-10-3-4-17(14-36)26-35-22(23-25(31)33-9-11-37(23)26)18-6-5-16(12-19(18)28)27(39)34-20-13-15(24(29)30)7-8-32-20/h7-9,11-13,17,24H,2-6,10,14H2,1H3,(H2,31,33)(H,32,34,39). The number of halogens is 3. The Labute approximate surface area is 222 Å². The summed E-state index contributed by atoms with van der Waals surface area (Å²) in [7, 11) is 0. The molecule has 1 aliphatic carbocycles. The zero-order chi connectivity index (χ0) is 27.7. The van der Waals surface area contributed by atoms with Gasteiger partial charge in [0.2, 0.25) is 5.91 Å². The first-order valence-electron chi connectivity index (χ1n) is 12.8. The van der Waals surface area contributed by atoms with Gasteiger partial charge in [-0.1, -0.05) is 6.92 Å². The van der Waals surface area contributed by atoms with Gasteiger partial charge in [-0.15, -0.1) is 0 Å². The largest absolute Gasteiger partial charge is 0.382 e. The summed E-state index contributed by atoms with van der Waals surface area (Å²) < 4.78 is 43.3. The van der Waals surface area contributed by atoms with Gasteiger partial charge in [-0.05, 0) is 43.9 Å². The fourth-order valence-corrected chi connectivity index (χ4v) is 5.17. The number of allylic oxidation sites excluding steroid dienone is 3. The number of alkyl halides is 2. The number of aromatic nitrogens is 4. The fraction of sp³-hybridized carbons (Fsp3) is 0.370. The van der Waals surface area contributed by atoms with E-state index in [1.807, 2.05) is 16.2 Å². The van der Waals surface area contributed by atoms with Gasteiger partial charge in [-0.3, -0.25) is 14.0 Å². The third kappa shape index (κ3) is 5.23. The van der Waals surface area contributed by atoms with Crippen LogP contribution in [0.25, 0.3) is 11.1 Å². The second kappa shape index (κ2) is 10.9. The highest BCUT2D eigenvalue weighted by Crippen LogP contribution is 2.38. The lowest BCUT2D eigenvalue weighted by atomic mass is 9.94. The molecule has 204 valence electrons. The van der Waals surface area contributed by atoms with Crippen molar-refractivity contribution in [2.75, 3.05) is 24.1 Å². The van der Waals surface area contributed by atoms with E-state index in [9.17, 15) is 18.4 Å². The van der Waals surface area contributed by atoms with Gasteiger partial charge in [0.1, 0.15) is 28.8 Å². The van der Waals surface area contributed by atoms with Crippen molar-refractivity contribution in [3.63, 3.8) is 0 Å². The third-order valence-corrected chi connectivity index (χ3v) is 7.14. The Morgan fingerprint density at radius 1 is 1.23 bits per heavy atom. The number of nitrogens with zero attached hydrogens (tertiary/aromatic N) is 5. The van der Waals surface area contributed by atoms with Gasteiger partial charge in [0.15, 0.2) is 0 Å². The summed E-state index contributed by atoms with van der Waals surface area (Å²) in [6.45, 7) is 3.04. The zero-order valence-electron chi connectivity index (χ0n) is 21.3. The van der Waals surface area contributed by atoms with Crippen LogP contribution in [0, 0.1) is 0 Å². The van der Waals surface area contributed by atoms with Crippen molar-refractivity contribution < 1.29 is 22.8 Å². The number of amides is 2. The molecule has 4 heterocycles. The van der Waals surface area contributed by atoms with Crippen LogP contribution in [-0.2, 0) is 9.59 Å². The highest BCUT2D eigenvalue weighted by molar-refractivity contribution is 6.04. The molecule has 3 aromatic heterocycles. The van der Waals surface area contributed by atoms with Gasteiger partial charge < -0.3 is 16.0 Å². The molecule has 1 saturated heterocycles. The number of likely N-dealkylation sites (tertiary alicyclic amines) is 1. The van der Waals surface area contributed by atoms with Crippen LogP contribution in [0.4, 0.5) is 24.8 Å². The van der Waals surface area contributed by atoms with Crippen molar-refractivity contribution in [3.05, 3.63) is 65.3 Å². The molecule has 0 spiro atoms. The van der Waals surface area contributed by atoms with Crippen LogP contribution in [0.3, 0.4) is 0 Å². The number of carbonyl (C=O) groups is 2. The molecule has 0 radical (unpaired) electrons. The van der Waals surface area contributed by atoms with Crippen molar-refractivity contribution in [1.29, 1.82) is 0 Å². The molecule has 0 aromatic carbocycles. The molecule has 1 fully saturated rings. The Hall–Kier alpha value is -4.22. The minimum absolute atomic E-state index is 0.0412. The first-order chi connectivity index (χ1) is 18.8. The van der Waals surface area contributed by atoms with Crippen molar-refractivity contribution in [2.45, 2.75) is 51.4 Å². The minimum Gasteiger partial charge on any atom is -0.382 e. The van der Waals surface area contributed by atoms with Crippen molar-refractivity contribution >= 4 is 34.5 Å². The van der Waals surface area contributed by atoms with E-state index in [1.54, 1.807) is 12.4 Å². The summed E-state index contributed by atoms with van der Waals surface area (Å²) >= 11 is 0. The lowest BCUT2D eigenvalue weighted by molar-refractivity contribution is -0.132. The molecule has 3 aromatic rings. The Morgan fingerprint density at radius 3 is 2.79 bits per heavy atom. The maximum Gasteiger partial charge on any atom is 0.264 e. The maximum atomic E-state index is 15.5. The number of carbonyl (C=O) groups excluding carboxylic acids is 2. The van der Waals surface area contributed by atoms with Crippen LogP contribution in [0.15, 0.2) is 48.2 Å². The molecule has 39 heavy (non-hydrogen) atoms. The molecular formula is C27H28F3N7O2. The van der Waals surface area contributed by atoms with Crippen LogP contribution in [0.1, 0.15) is 68.5 Å². The van der Waals surface area contributed by atoms with Crippen molar-refractivity contribution in [2.24, 2.45) is 0 Å². The van der Waals surface area contributed by atoms with E-state index in [0.29, 0.717) is 42.1 Å². The van der Waals surface area contributed by atoms with Gasteiger partial charge in [0.05, 0.1) is 5.69 Å². The first kappa shape index (κ1) is 26.4. The van der Waals surface area contributed by atoms with E-state index in [0.717, 1.165) is 31.1 Å². The lowest BCUT2D eigenvalue weighted by Crippen LogP contribution is -2.39. The predicted molar refractivity (Wildman–Crippen MR) is 139 cm³/mol. The van der Waals surface area contributed by atoms with Gasteiger partial charge in [0, 0.05) is 60.7 Å². The number of hydrogen-bond acceptors (Lipinski definition) is 6. The molecule has 5 rings (SSSR count). The summed E-state index contributed by atoms with van der Waals surface area (Å²) in [5, 5.41) is 2.46. The summed E-state index contributed by atoms with van der Waals surface area (Å²) in [6.07, 6.45) is 5.32. The number of pyridine rings is 1. The normalized spacial score (nSPS) is 18.0. The van der Waals surface area contributed by atoms with E-state index in [-0.39, 0.29) is 47.4 Å². The summed E-state index contributed by atoms with van der Waals surface area (Å²) in [4.78, 5) is 39.8. The molecule has 2 amide bonds. The third-order valence-electron chi connectivity index (χ3n) is 7.14. The molecule has 1 unspecified atom stereocenters. The van der Waals surface area contributed by atoms with E-state index in [2.05, 4.69) is 15.3 Å². The van der Waals surface area contributed by atoms with E-state index < -0.39 is 18.2 Å². The number of anilines is 2. The van der Waals surface area contributed by atoms with Crippen LogP contribution >= 0.6 is 0 Å². The molecule has 12 heteroatoms. The quantitative estimate of drug-likeness (QED) is 0.465. The molecule has 2 aliphatic rings. The second-order valence-electron chi connectivity index (χ2n) is 9.61. The molecule has 1 aliphatic heterocycles. The predicted octanol–water partition coefficient (Wildman–Crippen LogP) is 4.80. The number of nitrogen functional groups attached to an aromatic ring is 1. The van der Waals surface area contributed by atoms with E-state index in [4.69, 9.17) is 10.7 Å². The van der Waals surface area contributed by atoms with Gasteiger partial charge in [-0.25, -0.2) is 28.1 Å². The van der Waals surface area contributed by atoms with Crippen molar-refractivity contribution in [1.82, 2.24) is 24.3 Å². The average Bonchev–Trinajstić information content (AvgIpc) is 3.33. The number of hydrogen-bond donors (Lipinski definition) is 2. The Balaban J connectivity index is 1.46. The maximum absolute atomic E-state index is 15.5. The number of rotatable bonds is 6. The lowest BCUT2D eigenvalue weighted by Gasteiger charge is -2.32. The molecule has 1 atom stereocenters. The van der Waals surface area contributed by atoms with Gasteiger partial charge >= 0.3 is 0 Å². The van der Waals surface area contributed by atoms with Crippen LogP contribution < -0.4 is 11.1 Å². The molecule has 0 saturated carbocycles. The van der Waals surface area contributed by atoms with Crippen LogP contribution in [-0.4, -0.2) is 49.2 Å². The van der Waals surface area contributed by atoms with Gasteiger partial charge in [0.25, 0.3) is 12.3 Å². The number of fused-ring (bicyclic) bond motifs is 1. The first-order valence-corrected chi connectivity index (χ1v) is 12.8. The monoisotopic (exact) mass is 539 g/mol. The average molecular weight is 540 g/mol. The number of imidazole rings is 1. The second-order valence-corrected chi connectivity index (χ2v) is 9.61. The Kier molecular flexibility index (Phi) is 7.36. The van der Waals surface area contributed by atoms with Crippen LogP contribution in [0.5, 0.6) is 0 Å². The SMILES string of the molecule is CCC(=O)N1CCCC(c2nc(C3=C(F)C=C(C(=O)Nc4cc(C(F)F)ccn4)CC3)c3c(N)nccn23)C1. The summed E-state index contributed by atoms with van der Waals surface area (Å²) in [6, 6.07) is 2.24. The number of piperidine rings is 1. The van der Waals surface area contributed by atoms with Gasteiger partial charge in [-0.2, -0.15) is 0 Å². The smallest absolute Gasteiger partial charge is 0.264 e. The van der Waals surface area contributed by atoms with E-state index in [1.165, 1.54) is 6.20 Å². The number of nitrogens with one attached hydrogen (secondary N) is 1. The topological polar surface area (TPSA) is 119 Å². The number of nitrogens with two attached hydrogens (primary N) is 1. The zero-order valence-corrected chi connectivity index (χ0v) is 21.3. The van der Waals surface area contributed by atoms with E-state index >= 15 is 4.39 Å². The minimum atomic E-state index is -2.71.